The van der Waals surface area contributed by atoms with Crippen molar-refractivity contribution in [1.29, 1.82) is 0 Å². The predicted octanol–water partition coefficient (Wildman–Crippen LogP) is 1.80. The quantitative estimate of drug-likeness (QED) is 0.783. The fourth-order valence-electron chi connectivity index (χ4n) is 1.05. The van der Waals surface area contributed by atoms with Gasteiger partial charge in [0, 0.05) is 5.56 Å². The van der Waals surface area contributed by atoms with E-state index < -0.39 is 18.5 Å². The van der Waals surface area contributed by atoms with Crippen LogP contribution in [0.2, 0.25) is 0 Å². The Morgan fingerprint density at radius 2 is 2.23 bits per heavy atom. The minimum Gasteiger partial charge on any atom is -0.494 e. The van der Waals surface area contributed by atoms with E-state index in [-0.39, 0.29) is 11.3 Å². The van der Waals surface area contributed by atoms with Gasteiger partial charge < -0.3 is 10.5 Å². The monoisotopic (exact) mass is 187 g/mol. The van der Waals surface area contributed by atoms with Crippen LogP contribution in [0.15, 0.2) is 18.2 Å². The highest BCUT2D eigenvalue weighted by Crippen LogP contribution is 2.23. The van der Waals surface area contributed by atoms with Gasteiger partial charge in [-0.3, -0.25) is 0 Å². The van der Waals surface area contributed by atoms with Gasteiger partial charge in [0.25, 0.3) is 0 Å². The normalized spacial score (nSPS) is 12.6. The molecule has 0 aliphatic carbocycles. The molecule has 72 valence electrons. The molecule has 0 aliphatic heterocycles. The van der Waals surface area contributed by atoms with E-state index in [1.807, 2.05) is 0 Å². The molecule has 0 unspecified atom stereocenters. The van der Waals surface area contributed by atoms with Crippen molar-refractivity contribution >= 4 is 0 Å². The molecule has 1 aromatic carbocycles. The van der Waals surface area contributed by atoms with Crippen LogP contribution in [0.3, 0.4) is 0 Å². The van der Waals surface area contributed by atoms with Crippen LogP contribution in [0.25, 0.3) is 0 Å². The zero-order valence-corrected chi connectivity index (χ0v) is 7.26. The lowest BCUT2D eigenvalue weighted by atomic mass is 10.1. The number of rotatable bonds is 3. The van der Waals surface area contributed by atoms with Crippen LogP contribution < -0.4 is 10.5 Å². The Morgan fingerprint density at radius 3 is 2.77 bits per heavy atom. The summed E-state index contributed by atoms with van der Waals surface area (Å²) in [6.45, 7) is -0.788. The molecule has 0 amide bonds. The molecule has 0 saturated carbocycles. The molecule has 0 heterocycles. The molecule has 2 nitrogen and oxygen atoms in total. The largest absolute Gasteiger partial charge is 0.494 e. The molecule has 13 heavy (non-hydrogen) atoms. The second-order valence-corrected chi connectivity index (χ2v) is 2.62. The summed E-state index contributed by atoms with van der Waals surface area (Å²) in [4.78, 5) is 0. The van der Waals surface area contributed by atoms with Crippen molar-refractivity contribution in [2.45, 2.75) is 6.04 Å². The summed E-state index contributed by atoms with van der Waals surface area (Å²) in [6, 6.07) is 3.56. The van der Waals surface area contributed by atoms with Crippen molar-refractivity contribution in [3.8, 4) is 5.75 Å². The van der Waals surface area contributed by atoms with E-state index in [0.717, 1.165) is 0 Å². The van der Waals surface area contributed by atoms with E-state index in [4.69, 9.17) is 10.5 Å². The molecule has 0 spiro atoms. The van der Waals surface area contributed by atoms with Crippen molar-refractivity contribution in [1.82, 2.24) is 0 Å². The minimum absolute atomic E-state index is 0.0846. The number of halogens is 2. The fraction of sp³-hybridized carbons (Fsp3) is 0.333. The van der Waals surface area contributed by atoms with E-state index in [9.17, 15) is 8.78 Å². The third-order valence-electron chi connectivity index (χ3n) is 1.78. The van der Waals surface area contributed by atoms with Crippen molar-refractivity contribution in [2.75, 3.05) is 13.8 Å². The maximum Gasteiger partial charge on any atom is 0.169 e. The van der Waals surface area contributed by atoms with Crippen molar-refractivity contribution in [3.05, 3.63) is 29.6 Å². The first kappa shape index (κ1) is 9.92. The number of hydrogen-bond acceptors (Lipinski definition) is 2. The van der Waals surface area contributed by atoms with E-state index in [2.05, 4.69) is 0 Å². The number of hydrogen-bond donors (Lipinski definition) is 1. The van der Waals surface area contributed by atoms with Gasteiger partial charge in [-0.1, -0.05) is 12.1 Å². The van der Waals surface area contributed by atoms with Crippen LogP contribution in [0, 0.1) is 5.82 Å². The summed E-state index contributed by atoms with van der Waals surface area (Å²) in [7, 11) is 1.35. The summed E-state index contributed by atoms with van der Waals surface area (Å²) in [6.07, 6.45) is 0. The molecule has 1 aromatic rings. The topological polar surface area (TPSA) is 35.2 Å². The van der Waals surface area contributed by atoms with Gasteiger partial charge in [0.1, 0.15) is 6.67 Å². The standard InChI is InChI=1S/C9H11F2NO/c1-13-8-4-2-3-6(9(8)11)7(12)5-10/h2-4,7H,5,12H2,1H3/t7-/m1/s1. The van der Waals surface area contributed by atoms with Gasteiger partial charge in [0.2, 0.25) is 0 Å². The first-order valence-corrected chi connectivity index (χ1v) is 3.84. The second kappa shape index (κ2) is 4.18. The van der Waals surface area contributed by atoms with Crippen LogP contribution in [0.1, 0.15) is 11.6 Å². The lowest BCUT2D eigenvalue weighted by Crippen LogP contribution is -2.14. The molecule has 2 N–H and O–H groups in total. The molecule has 0 bridgehead atoms. The van der Waals surface area contributed by atoms with Crippen LogP contribution in [0.4, 0.5) is 8.78 Å². The third kappa shape index (κ3) is 1.95. The number of alkyl halides is 1. The maximum atomic E-state index is 13.3. The van der Waals surface area contributed by atoms with Gasteiger partial charge in [0.05, 0.1) is 13.2 Å². The van der Waals surface area contributed by atoms with E-state index in [1.54, 1.807) is 6.07 Å². The highest BCUT2D eigenvalue weighted by atomic mass is 19.1. The van der Waals surface area contributed by atoms with Crippen LogP contribution >= 0.6 is 0 Å². The number of ether oxygens (including phenoxy) is 1. The van der Waals surface area contributed by atoms with Crippen LogP contribution in [-0.4, -0.2) is 13.8 Å². The van der Waals surface area contributed by atoms with Gasteiger partial charge >= 0.3 is 0 Å². The molecule has 0 aliphatic rings. The number of nitrogens with two attached hydrogens (primary N) is 1. The molecule has 0 aromatic heterocycles. The molecule has 0 saturated heterocycles. The number of methoxy groups -OCH3 is 1. The summed E-state index contributed by atoms with van der Waals surface area (Å²) in [5.41, 5.74) is 5.49. The van der Waals surface area contributed by atoms with E-state index in [1.165, 1.54) is 19.2 Å². The van der Waals surface area contributed by atoms with Crippen LogP contribution in [0.5, 0.6) is 5.75 Å². The Morgan fingerprint density at radius 1 is 1.54 bits per heavy atom. The predicted molar refractivity (Wildman–Crippen MR) is 45.9 cm³/mol. The van der Waals surface area contributed by atoms with Gasteiger partial charge in [0.15, 0.2) is 11.6 Å². The van der Waals surface area contributed by atoms with Gasteiger partial charge in [-0.2, -0.15) is 0 Å². The van der Waals surface area contributed by atoms with Crippen molar-refractivity contribution < 1.29 is 13.5 Å². The van der Waals surface area contributed by atoms with Crippen LogP contribution in [-0.2, 0) is 0 Å². The Kier molecular flexibility index (Phi) is 3.19. The average molecular weight is 187 g/mol. The summed E-state index contributed by atoms with van der Waals surface area (Å²) in [5, 5.41) is 0. The first-order chi connectivity index (χ1) is 6.20. The molecule has 0 radical (unpaired) electrons. The summed E-state index contributed by atoms with van der Waals surface area (Å²) in [5.74, 6) is -0.503. The molecular weight excluding hydrogens is 176 g/mol. The lowest BCUT2D eigenvalue weighted by molar-refractivity contribution is 0.375. The van der Waals surface area contributed by atoms with E-state index in [0.29, 0.717) is 0 Å². The maximum absolute atomic E-state index is 13.3. The summed E-state index contributed by atoms with van der Waals surface area (Å²) >= 11 is 0. The summed E-state index contributed by atoms with van der Waals surface area (Å²) < 4.78 is 30.2. The molecule has 1 rings (SSSR count). The van der Waals surface area contributed by atoms with Crippen molar-refractivity contribution in [3.63, 3.8) is 0 Å². The Bertz CT molecular complexity index is 291. The Hall–Kier alpha value is -1.16. The Balaban J connectivity index is 3.08. The smallest absolute Gasteiger partial charge is 0.169 e. The fourth-order valence-corrected chi connectivity index (χ4v) is 1.05. The molecule has 1 atom stereocenters. The van der Waals surface area contributed by atoms with Crippen molar-refractivity contribution in [2.24, 2.45) is 5.73 Å². The highest BCUT2D eigenvalue weighted by Gasteiger charge is 2.14. The minimum atomic E-state index is -0.921. The van der Waals surface area contributed by atoms with E-state index >= 15 is 0 Å². The van der Waals surface area contributed by atoms with Gasteiger partial charge in [-0.05, 0) is 6.07 Å². The number of benzene rings is 1. The lowest BCUT2D eigenvalue weighted by Gasteiger charge is -2.10. The van der Waals surface area contributed by atoms with Gasteiger partial charge in [-0.25, -0.2) is 8.78 Å². The zero-order chi connectivity index (χ0) is 9.84. The molecule has 4 heteroatoms. The van der Waals surface area contributed by atoms with Gasteiger partial charge in [-0.15, -0.1) is 0 Å². The zero-order valence-electron chi connectivity index (χ0n) is 7.26. The SMILES string of the molecule is COc1cccc([C@H](N)CF)c1F. The molecular formula is C9H11F2NO. The highest BCUT2D eigenvalue weighted by molar-refractivity contribution is 5.32. The Labute approximate surface area is 75.3 Å². The second-order valence-electron chi connectivity index (χ2n) is 2.62. The first-order valence-electron chi connectivity index (χ1n) is 3.84. The molecule has 0 fully saturated rings. The average Bonchev–Trinajstić information content (AvgIpc) is 2.17. The third-order valence-corrected chi connectivity index (χ3v) is 1.78.